The number of rotatable bonds is 1. The molecule has 14 heavy (non-hydrogen) atoms. The van der Waals surface area contributed by atoms with Gasteiger partial charge >= 0.3 is 5.97 Å². The second-order valence-electron chi connectivity index (χ2n) is 3.35. The van der Waals surface area contributed by atoms with E-state index in [1.807, 2.05) is 12.1 Å². The molecule has 0 aliphatic carbocycles. The highest BCUT2D eigenvalue weighted by Crippen LogP contribution is 2.26. The fourth-order valence-corrected chi connectivity index (χ4v) is 1.76. The molecule has 74 valence electrons. The van der Waals surface area contributed by atoms with Crippen molar-refractivity contribution in [3.63, 3.8) is 0 Å². The van der Waals surface area contributed by atoms with Crippen LogP contribution in [-0.4, -0.2) is 22.7 Å². The van der Waals surface area contributed by atoms with Gasteiger partial charge in [0.2, 0.25) is 5.72 Å². The van der Waals surface area contributed by atoms with Crippen LogP contribution in [0.3, 0.4) is 0 Å². The summed E-state index contributed by atoms with van der Waals surface area (Å²) in [6, 6.07) is 7.03. The predicted molar refractivity (Wildman–Crippen MR) is 49.7 cm³/mol. The van der Waals surface area contributed by atoms with Gasteiger partial charge in [-0.05, 0) is 12.0 Å². The molecule has 1 heterocycles. The van der Waals surface area contributed by atoms with E-state index in [0.29, 0.717) is 12.1 Å². The van der Waals surface area contributed by atoms with Gasteiger partial charge < -0.3 is 10.2 Å². The van der Waals surface area contributed by atoms with Crippen molar-refractivity contribution in [2.24, 2.45) is 0 Å². The van der Waals surface area contributed by atoms with Crippen LogP contribution < -0.4 is 5.32 Å². The lowest BCUT2D eigenvalue weighted by molar-refractivity contribution is -0.164. The van der Waals surface area contributed by atoms with Gasteiger partial charge in [-0.1, -0.05) is 24.3 Å². The van der Waals surface area contributed by atoms with Gasteiger partial charge in [0.15, 0.2) is 0 Å². The molecule has 0 amide bonds. The van der Waals surface area contributed by atoms with Crippen molar-refractivity contribution in [1.82, 2.24) is 5.32 Å². The molecule has 0 bridgehead atoms. The number of carboxylic acid groups (broad SMARTS) is 1. The second-order valence-corrected chi connectivity index (χ2v) is 3.35. The van der Waals surface area contributed by atoms with Crippen molar-refractivity contribution in [2.75, 3.05) is 6.54 Å². The predicted octanol–water partition coefficient (Wildman–Crippen LogP) is 0.0620. The summed E-state index contributed by atoms with van der Waals surface area (Å²) in [5.74, 6) is -1.26. The molecule has 1 aliphatic heterocycles. The van der Waals surface area contributed by atoms with Crippen LogP contribution in [0.2, 0.25) is 0 Å². The summed E-state index contributed by atoms with van der Waals surface area (Å²) in [4.78, 5) is 10.9. The fourth-order valence-electron chi connectivity index (χ4n) is 1.76. The van der Waals surface area contributed by atoms with E-state index >= 15 is 0 Å². The smallest absolute Gasteiger partial charge is 0.356 e. The van der Waals surface area contributed by atoms with Crippen molar-refractivity contribution >= 4 is 5.97 Å². The lowest BCUT2D eigenvalue weighted by Gasteiger charge is -2.31. The van der Waals surface area contributed by atoms with Crippen molar-refractivity contribution < 1.29 is 15.0 Å². The summed E-state index contributed by atoms with van der Waals surface area (Å²) in [5.41, 5.74) is -0.593. The Labute approximate surface area is 81.2 Å². The molecule has 0 fully saturated rings. The zero-order chi connectivity index (χ0) is 10.2. The molecule has 3 N–H and O–H groups in total. The van der Waals surface area contributed by atoms with E-state index in [4.69, 9.17) is 5.11 Å². The SMILES string of the molecule is O=C(O)C1(O)NCCc2ccccc21. The molecule has 1 aromatic rings. The first-order valence-electron chi connectivity index (χ1n) is 4.44. The van der Waals surface area contributed by atoms with Gasteiger partial charge in [-0.2, -0.15) is 0 Å². The molecule has 0 saturated carbocycles. The zero-order valence-electron chi connectivity index (χ0n) is 7.53. The highest BCUT2D eigenvalue weighted by atomic mass is 16.4. The van der Waals surface area contributed by atoms with Crippen molar-refractivity contribution in [3.8, 4) is 0 Å². The van der Waals surface area contributed by atoms with Crippen molar-refractivity contribution in [3.05, 3.63) is 35.4 Å². The Morgan fingerprint density at radius 3 is 2.86 bits per heavy atom. The number of fused-ring (bicyclic) bond motifs is 1. The van der Waals surface area contributed by atoms with E-state index in [0.717, 1.165) is 12.0 Å². The molecular formula is C10H11NO3. The number of benzene rings is 1. The van der Waals surface area contributed by atoms with Crippen molar-refractivity contribution in [2.45, 2.75) is 12.1 Å². The number of hydrogen-bond donors (Lipinski definition) is 3. The average molecular weight is 193 g/mol. The molecule has 1 atom stereocenters. The summed E-state index contributed by atoms with van der Waals surface area (Å²) in [7, 11) is 0. The number of carbonyl (C=O) groups is 1. The summed E-state index contributed by atoms with van der Waals surface area (Å²) < 4.78 is 0. The Kier molecular flexibility index (Phi) is 2.02. The van der Waals surface area contributed by atoms with E-state index in [-0.39, 0.29) is 0 Å². The first-order valence-corrected chi connectivity index (χ1v) is 4.44. The van der Waals surface area contributed by atoms with E-state index in [9.17, 15) is 9.90 Å². The molecule has 4 heteroatoms. The number of aliphatic hydroxyl groups is 1. The van der Waals surface area contributed by atoms with Crippen molar-refractivity contribution in [1.29, 1.82) is 0 Å². The van der Waals surface area contributed by atoms with Gasteiger partial charge in [0.1, 0.15) is 0 Å². The summed E-state index contributed by atoms with van der Waals surface area (Å²) in [6.45, 7) is 0.472. The monoisotopic (exact) mass is 193 g/mol. The first-order chi connectivity index (χ1) is 6.64. The first kappa shape index (κ1) is 9.18. The summed E-state index contributed by atoms with van der Waals surface area (Å²) >= 11 is 0. The van der Waals surface area contributed by atoms with Gasteiger partial charge in [0, 0.05) is 12.1 Å². The van der Waals surface area contributed by atoms with Crippen LogP contribution in [0.4, 0.5) is 0 Å². The van der Waals surface area contributed by atoms with Gasteiger partial charge in [-0.25, -0.2) is 4.79 Å². The molecular weight excluding hydrogens is 182 g/mol. The Hall–Kier alpha value is -1.39. The Balaban J connectivity index is 2.55. The summed E-state index contributed by atoms with van der Waals surface area (Å²) in [6.07, 6.45) is 0.742. The lowest BCUT2D eigenvalue weighted by atomic mass is 9.91. The second kappa shape index (κ2) is 3.08. The topological polar surface area (TPSA) is 69.6 Å². The van der Waals surface area contributed by atoms with E-state index in [2.05, 4.69) is 5.32 Å². The molecule has 0 radical (unpaired) electrons. The Morgan fingerprint density at radius 2 is 2.14 bits per heavy atom. The molecule has 0 saturated heterocycles. The normalized spacial score (nSPS) is 25.5. The highest BCUT2D eigenvalue weighted by Gasteiger charge is 2.41. The largest absolute Gasteiger partial charge is 0.478 e. The standard InChI is InChI=1S/C10H11NO3/c12-9(13)10(14)8-4-2-1-3-7(8)5-6-11-10/h1-4,11,14H,5-6H2,(H,12,13). The fraction of sp³-hybridized carbons (Fsp3) is 0.300. The molecule has 1 aromatic carbocycles. The molecule has 4 nitrogen and oxygen atoms in total. The third-order valence-corrected chi connectivity index (χ3v) is 2.49. The highest BCUT2D eigenvalue weighted by molar-refractivity contribution is 5.79. The van der Waals surface area contributed by atoms with Gasteiger partial charge in [0.05, 0.1) is 0 Å². The van der Waals surface area contributed by atoms with E-state index in [1.165, 1.54) is 0 Å². The third kappa shape index (κ3) is 1.20. The number of nitrogens with one attached hydrogen (secondary N) is 1. The van der Waals surface area contributed by atoms with E-state index in [1.54, 1.807) is 12.1 Å². The minimum Gasteiger partial charge on any atom is -0.478 e. The quantitative estimate of drug-likeness (QED) is 0.590. The maximum atomic E-state index is 10.9. The van der Waals surface area contributed by atoms with Crippen LogP contribution in [0.25, 0.3) is 0 Å². The van der Waals surface area contributed by atoms with Gasteiger partial charge in [-0.15, -0.1) is 0 Å². The molecule has 1 unspecified atom stereocenters. The van der Waals surface area contributed by atoms with Gasteiger partial charge in [0.25, 0.3) is 0 Å². The van der Waals surface area contributed by atoms with Crippen LogP contribution in [0.15, 0.2) is 24.3 Å². The maximum absolute atomic E-state index is 10.9. The van der Waals surface area contributed by atoms with Crippen LogP contribution in [0.5, 0.6) is 0 Å². The molecule has 0 aromatic heterocycles. The van der Waals surface area contributed by atoms with E-state index < -0.39 is 11.7 Å². The van der Waals surface area contributed by atoms with Crippen LogP contribution in [0, 0.1) is 0 Å². The molecule has 2 rings (SSSR count). The van der Waals surface area contributed by atoms with Crippen LogP contribution in [-0.2, 0) is 16.9 Å². The lowest BCUT2D eigenvalue weighted by Crippen LogP contribution is -2.53. The van der Waals surface area contributed by atoms with Crippen LogP contribution >= 0.6 is 0 Å². The molecule has 1 aliphatic rings. The Morgan fingerprint density at radius 1 is 1.43 bits per heavy atom. The number of aliphatic carboxylic acids is 1. The minimum atomic E-state index is -1.92. The average Bonchev–Trinajstić information content (AvgIpc) is 2.18. The molecule has 0 spiro atoms. The number of hydrogen-bond acceptors (Lipinski definition) is 3. The Bertz CT molecular complexity index is 377. The maximum Gasteiger partial charge on any atom is 0.356 e. The van der Waals surface area contributed by atoms with Crippen LogP contribution in [0.1, 0.15) is 11.1 Å². The minimum absolute atomic E-state index is 0.443. The van der Waals surface area contributed by atoms with Gasteiger partial charge in [-0.3, -0.25) is 5.32 Å². The third-order valence-electron chi connectivity index (χ3n) is 2.49. The number of carboxylic acids is 1. The summed E-state index contributed by atoms with van der Waals surface area (Å²) in [5, 5.41) is 21.4. The zero-order valence-corrected chi connectivity index (χ0v) is 7.53.